The van der Waals surface area contributed by atoms with Crippen molar-refractivity contribution in [1.82, 2.24) is 9.88 Å². The zero-order valence-corrected chi connectivity index (χ0v) is 16.9. The summed E-state index contributed by atoms with van der Waals surface area (Å²) in [6.07, 6.45) is 5.76. The monoisotopic (exact) mass is 402 g/mol. The van der Waals surface area contributed by atoms with Gasteiger partial charge in [0.25, 0.3) is 5.24 Å². The molecule has 1 amide bonds. The molecule has 4 nitrogen and oxygen atoms in total. The zero-order chi connectivity index (χ0) is 19.0. The minimum Gasteiger partial charge on any atom is -0.497 e. The van der Waals surface area contributed by atoms with E-state index in [0.717, 1.165) is 41.6 Å². The van der Waals surface area contributed by atoms with Gasteiger partial charge in [-0.15, -0.1) is 18.2 Å². The second-order valence-corrected chi connectivity index (χ2v) is 8.59. The average Bonchev–Trinajstić information content (AvgIpc) is 3.04. The summed E-state index contributed by atoms with van der Waals surface area (Å²) in [4.78, 5) is 19.2. The smallest absolute Gasteiger partial charge is 0.282 e. The number of benzene rings is 1. The molecule has 0 spiro atoms. The van der Waals surface area contributed by atoms with Crippen LogP contribution in [0.4, 0.5) is 4.79 Å². The Labute approximate surface area is 168 Å². The zero-order valence-electron chi connectivity index (χ0n) is 15.3. The van der Waals surface area contributed by atoms with Crippen molar-refractivity contribution in [2.45, 2.75) is 24.1 Å². The molecule has 2 aliphatic rings. The van der Waals surface area contributed by atoms with Crippen molar-refractivity contribution in [3.8, 4) is 5.75 Å². The van der Waals surface area contributed by atoms with E-state index in [1.807, 2.05) is 41.4 Å². The Kier molecular flexibility index (Phi) is 5.33. The lowest BCUT2D eigenvalue weighted by Crippen LogP contribution is -2.43. The van der Waals surface area contributed by atoms with Gasteiger partial charge < -0.3 is 9.64 Å². The summed E-state index contributed by atoms with van der Waals surface area (Å²) < 4.78 is 5.41. The summed E-state index contributed by atoms with van der Waals surface area (Å²) in [6.45, 7) is 4.75. The molecule has 2 aromatic rings. The van der Waals surface area contributed by atoms with Crippen LogP contribution in [0.1, 0.15) is 23.7 Å². The Hall–Kier alpha value is -1.72. The van der Waals surface area contributed by atoms with Crippen molar-refractivity contribution in [1.29, 1.82) is 0 Å². The van der Waals surface area contributed by atoms with Crippen molar-refractivity contribution in [3.63, 3.8) is 0 Å². The molecule has 142 valence electrons. The first kappa shape index (κ1) is 18.6. The number of rotatable bonds is 5. The number of pyridine rings is 1. The molecule has 0 bridgehead atoms. The number of piperidine rings is 1. The number of allylic oxidation sites excluding steroid dienone is 1. The Bertz CT molecular complexity index is 874. The van der Waals surface area contributed by atoms with E-state index < -0.39 is 0 Å². The van der Waals surface area contributed by atoms with Gasteiger partial charge in [0, 0.05) is 30.0 Å². The minimum absolute atomic E-state index is 0.0960. The molecule has 0 radical (unpaired) electrons. The molecule has 4 atom stereocenters. The van der Waals surface area contributed by atoms with Crippen molar-refractivity contribution in [2.24, 2.45) is 11.8 Å². The summed E-state index contributed by atoms with van der Waals surface area (Å²) in [7, 11) is 1.67. The highest BCUT2D eigenvalue weighted by molar-refractivity contribution is 8.14. The number of aromatic nitrogens is 1. The lowest BCUT2D eigenvalue weighted by Gasteiger charge is -2.38. The van der Waals surface area contributed by atoms with E-state index >= 15 is 0 Å². The fourth-order valence-electron chi connectivity index (χ4n) is 4.36. The third kappa shape index (κ3) is 3.32. The van der Waals surface area contributed by atoms with Gasteiger partial charge in [-0.25, -0.2) is 0 Å². The average molecular weight is 403 g/mol. The van der Waals surface area contributed by atoms with E-state index in [1.54, 1.807) is 7.11 Å². The normalized spacial score (nSPS) is 26.1. The van der Waals surface area contributed by atoms with E-state index in [9.17, 15) is 4.79 Å². The maximum Gasteiger partial charge on any atom is 0.282 e. The second-order valence-electron chi connectivity index (χ2n) is 7.19. The summed E-state index contributed by atoms with van der Waals surface area (Å²) >= 11 is 7.60. The molecule has 0 saturated carbocycles. The number of hydrogen-bond donors (Lipinski definition) is 0. The van der Waals surface area contributed by atoms with Crippen molar-refractivity contribution in [3.05, 3.63) is 48.7 Å². The van der Waals surface area contributed by atoms with Crippen LogP contribution in [0.5, 0.6) is 5.75 Å². The van der Waals surface area contributed by atoms with Gasteiger partial charge in [-0.2, -0.15) is 0 Å². The Morgan fingerprint density at radius 2 is 2.33 bits per heavy atom. The van der Waals surface area contributed by atoms with Crippen LogP contribution < -0.4 is 4.74 Å². The molecule has 3 heterocycles. The van der Waals surface area contributed by atoms with Crippen LogP contribution in [0.15, 0.2) is 43.1 Å². The Morgan fingerprint density at radius 1 is 1.48 bits per heavy atom. The molecule has 4 rings (SSSR count). The van der Waals surface area contributed by atoms with Gasteiger partial charge >= 0.3 is 0 Å². The summed E-state index contributed by atoms with van der Waals surface area (Å²) in [5.74, 6) is 2.16. The lowest BCUT2D eigenvalue weighted by atomic mass is 9.80. The molecule has 6 heteroatoms. The highest BCUT2D eigenvalue weighted by Crippen LogP contribution is 2.50. The predicted molar refractivity (Wildman–Crippen MR) is 112 cm³/mol. The number of fused-ring (bicyclic) bond motifs is 2. The molecular formula is C21H23ClN2O2S. The SMILES string of the molecule is C=CC(CCl)C1CCN2C(=O)SC(c3ccnc4ccc(OC)cc34)C2C1. The number of thioether (sulfide) groups is 1. The van der Waals surface area contributed by atoms with Gasteiger partial charge in [0.1, 0.15) is 5.75 Å². The highest BCUT2D eigenvalue weighted by Gasteiger charge is 2.46. The van der Waals surface area contributed by atoms with E-state index in [2.05, 4.69) is 11.6 Å². The van der Waals surface area contributed by atoms with Crippen LogP contribution >= 0.6 is 23.4 Å². The quantitative estimate of drug-likeness (QED) is 0.504. The van der Waals surface area contributed by atoms with E-state index in [0.29, 0.717) is 17.7 Å². The van der Waals surface area contributed by atoms with E-state index in [1.165, 1.54) is 11.8 Å². The van der Waals surface area contributed by atoms with Crippen LogP contribution in [0.25, 0.3) is 10.9 Å². The van der Waals surface area contributed by atoms with Crippen LogP contribution in [0.3, 0.4) is 0 Å². The summed E-state index contributed by atoms with van der Waals surface area (Å²) in [5, 5.41) is 1.33. The first-order chi connectivity index (χ1) is 13.2. The fourth-order valence-corrected chi connectivity index (χ4v) is 6.06. The van der Waals surface area contributed by atoms with Crippen molar-refractivity contribution in [2.75, 3.05) is 19.5 Å². The number of halogens is 1. The topological polar surface area (TPSA) is 42.4 Å². The highest BCUT2D eigenvalue weighted by atomic mass is 35.5. The Balaban J connectivity index is 1.72. The van der Waals surface area contributed by atoms with Crippen molar-refractivity contribution < 1.29 is 9.53 Å². The van der Waals surface area contributed by atoms with Gasteiger partial charge in [-0.05, 0) is 54.5 Å². The van der Waals surface area contributed by atoms with Crippen LogP contribution in [0, 0.1) is 11.8 Å². The molecule has 2 saturated heterocycles. The second kappa shape index (κ2) is 7.72. The molecule has 27 heavy (non-hydrogen) atoms. The number of carbonyl (C=O) groups excluding carboxylic acids is 1. The maximum absolute atomic E-state index is 12.7. The van der Waals surface area contributed by atoms with Gasteiger partial charge in [0.2, 0.25) is 0 Å². The summed E-state index contributed by atoms with van der Waals surface area (Å²) in [5.41, 5.74) is 2.09. The third-order valence-electron chi connectivity index (χ3n) is 5.87. The van der Waals surface area contributed by atoms with Crippen LogP contribution in [0.2, 0.25) is 0 Å². The first-order valence-electron chi connectivity index (χ1n) is 9.24. The molecule has 1 aromatic heterocycles. The molecule has 4 unspecified atom stereocenters. The molecule has 0 aliphatic carbocycles. The Morgan fingerprint density at radius 3 is 3.07 bits per heavy atom. The van der Waals surface area contributed by atoms with Gasteiger partial charge in [-0.3, -0.25) is 9.78 Å². The minimum atomic E-state index is 0.0960. The number of amides is 1. The van der Waals surface area contributed by atoms with Gasteiger partial charge in [0.15, 0.2) is 0 Å². The fraction of sp³-hybridized carbons (Fsp3) is 0.429. The number of hydrogen-bond acceptors (Lipinski definition) is 4. The number of methoxy groups -OCH3 is 1. The van der Waals surface area contributed by atoms with Gasteiger partial charge in [0.05, 0.1) is 17.9 Å². The van der Waals surface area contributed by atoms with E-state index in [4.69, 9.17) is 16.3 Å². The molecular weight excluding hydrogens is 380 g/mol. The standard InChI is InChI=1S/C21H23ClN2O2S/c1-3-13(12-22)14-7-9-24-19(10-14)20(27-21(24)25)16-6-8-23-18-5-4-15(26-2)11-17(16)18/h3-6,8,11,13-14,19-20H,1,7,9-10,12H2,2H3. The number of carbonyl (C=O) groups is 1. The molecule has 0 N–H and O–H groups in total. The predicted octanol–water partition coefficient (Wildman–Crippen LogP) is 5.27. The van der Waals surface area contributed by atoms with E-state index in [-0.39, 0.29) is 16.5 Å². The lowest BCUT2D eigenvalue weighted by molar-refractivity contribution is 0.138. The molecule has 1 aromatic carbocycles. The third-order valence-corrected chi connectivity index (χ3v) is 7.49. The van der Waals surface area contributed by atoms with Crippen molar-refractivity contribution >= 4 is 39.5 Å². The van der Waals surface area contributed by atoms with Gasteiger partial charge in [-0.1, -0.05) is 17.8 Å². The molecule has 2 fully saturated rings. The first-order valence-corrected chi connectivity index (χ1v) is 10.7. The maximum atomic E-state index is 12.7. The number of nitrogens with zero attached hydrogens (tertiary/aromatic N) is 2. The molecule has 2 aliphatic heterocycles. The van der Waals surface area contributed by atoms with Crippen LogP contribution in [-0.2, 0) is 0 Å². The summed E-state index contributed by atoms with van der Waals surface area (Å²) in [6, 6.07) is 8.15. The largest absolute Gasteiger partial charge is 0.497 e. The number of alkyl halides is 1. The number of ether oxygens (including phenoxy) is 1. The van der Waals surface area contributed by atoms with Crippen LogP contribution in [-0.4, -0.2) is 40.7 Å².